The van der Waals surface area contributed by atoms with E-state index in [4.69, 9.17) is 12.2 Å². The van der Waals surface area contributed by atoms with Crippen LogP contribution in [-0.4, -0.2) is 27.2 Å². The third kappa shape index (κ3) is 5.31. The minimum absolute atomic E-state index is 0.00915. The molecular weight excluding hydrogens is 389 g/mol. The number of aromatic nitrogens is 2. The first kappa shape index (κ1) is 20.3. The Morgan fingerprint density at radius 1 is 1.29 bits per heavy atom. The van der Waals surface area contributed by atoms with Gasteiger partial charge in [-0.3, -0.25) is 9.48 Å². The number of ketones is 1. The number of benzene rings is 1. The van der Waals surface area contributed by atoms with Crippen LogP contribution in [-0.2, 0) is 12.7 Å². The maximum atomic E-state index is 12.9. The van der Waals surface area contributed by atoms with Gasteiger partial charge in [0.05, 0.1) is 0 Å². The van der Waals surface area contributed by atoms with Crippen molar-refractivity contribution in [2.75, 3.05) is 11.9 Å². The summed E-state index contributed by atoms with van der Waals surface area (Å²) >= 11 is 5.22. The highest BCUT2D eigenvalue weighted by atomic mass is 32.1. The van der Waals surface area contributed by atoms with Gasteiger partial charge in [0.25, 0.3) is 0 Å². The number of nitrogens with zero attached hydrogens (tertiary/aromatic N) is 2. The van der Waals surface area contributed by atoms with E-state index >= 15 is 0 Å². The fourth-order valence-electron chi connectivity index (χ4n) is 2.85. The lowest BCUT2D eigenvalue weighted by Crippen LogP contribution is -2.30. The molecule has 1 aliphatic carbocycles. The lowest BCUT2D eigenvalue weighted by Gasteiger charge is -2.11. The average Bonchev–Trinajstić information content (AvgIpc) is 3.37. The van der Waals surface area contributed by atoms with Crippen LogP contribution in [0.5, 0.6) is 0 Å². The van der Waals surface area contributed by atoms with E-state index in [-0.39, 0.29) is 11.7 Å². The fourth-order valence-corrected chi connectivity index (χ4v) is 3.07. The predicted molar refractivity (Wildman–Crippen MR) is 104 cm³/mol. The molecule has 1 aromatic heterocycles. The van der Waals surface area contributed by atoms with Gasteiger partial charge in [-0.25, -0.2) is 0 Å². The summed E-state index contributed by atoms with van der Waals surface area (Å²) in [6.07, 6.45) is -2.00. The summed E-state index contributed by atoms with van der Waals surface area (Å²) in [4.78, 5) is 11.3. The summed E-state index contributed by atoms with van der Waals surface area (Å²) in [7, 11) is 0. The molecule has 0 amide bonds. The Kier molecular flexibility index (Phi) is 6.02. The first-order valence-electron chi connectivity index (χ1n) is 9.05. The maximum absolute atomic E-state index is 12.9. The van der Waals surface area contributed by atoms with Gasteiger partial charge in [-0.05, 0) is 68.7 Å². The van der Waals surface area contributed by atoms with Crippen LogP contribution in [0.4, 0.5) is 18.9 Å². The number of nitrogens with one attached hydrogen (secondary N) is 2. The van der Waals surface area contributed by atoms with Gasteiger partial charge in [0.15, 0.2) is 16.6 Å². The van der Waals surface area contributed by atoms with E-state index in [9.17, 15) is 18.0 Å². The van der Waals surface area contributed by atoms with Gasteiger partial charge in [0.1, 0.15) is 0 Å². The van der Waals surface area contributed by atoms with Crippen molar-refractivity contribution < 1.29 is 18.0 Å². The van der Waals surface area contributed by atoms with E-state index in [1.54, 1.807) is 24.3 Å². The van der Waals surface area contributed by atoms with E-state index in [1.165, 1.54) is 17.7 Å². The summed E-state index contributed by atoms with van der Waals surface area (Å²) in [6, 6.07) is 8.11. The Hall–Kier alpha value is -2.42. The smallest absolute Gasteiger partial charge is 0.362 e. The second-order valence-corrected chi connectivity index (χ2v) is 7.23. The van der Waals surface area contributed by atoms with E-state index in [0.29, 0.717) is 35.9 Å². The van der Waals surface area contributed by atoms with Crippen LogP contribution in [0, 0.1) is 0 Å². The van der Waals surface area contributed by atoms with Gasteiger partial charge in [0, 0.05) is 36.0 Å². The molecule has 0 aliphatic heterocycles. The first-order chi connectivity index (χ1) is 13.2. The topological polar surface area (TPSA) is 59.0 Å². The molecule has 1 heterocycles. The SMILES string of the molecule is CC(=O)c1ccc(NC(=S)NCCCn2nc(C(F)(F)F)cc2C2CC2)cc1. The second-order valence-electron chi connectivity index (χ2n) is 6.82. The number of carbonyl (C=O) groups is 1. The Morgan fingerprint density at radius 2 is 1.96 bits per heavy atom. The van der Waals surface area contributed by atoms with Crippen LogP contribution in [0.15, 0.2) is 30.3 Å². The number of hydrogen-bond donors (Lipinski definition) is 2. The van der Waals surface area contributed by atoms with Gasteiger partial charge < -0.3 is 10.6 Å². The van der Waals surface area contributed by atoms with Crippen molar-refractivity contribution in [1.82, 2.24) is 15.1 Å². The fraction of sp³-hybridized carbons (Fsp3) is 0.421. The average molecular weight is 410 g/mol. The van der Waals surface area contributed by atoms with E-state index in [0.717, 1.165) is 18.5 Å². The number of anilines is 1. The normalized spacial score (nSPS) is 14.0. The predicted octanol–water partition coefficient (Wildman–Crippen LogP) is 4.36. The monoisotopic (exact) mass is 410 g/mol. The molecule has 3 rings (SSSR count). The number of carbonyl (C=O) groups excluding carboxylic acids is 1. The molecule has 1 fully saturated rings. The van der Waals surface area contributed by atoms with Gasteiger partial charge in [-0.1, -0.05) is 0 Å². The van der Waals surface area contributed by atoms with E-state index in [2.05, 4.69) is 15.7 Å². The maximum Gasteiger partial charge on any atom is 0.435 e. The van der Waals surface area contributed by atoms with Gasteiger partial charge >= 0.3 is 6.18 Å². The van der Waals surface area contributed by atoms with Crippen LogP contribution in [0.1, 0.15) is 53.8 Å². The molecule has 1 saturated carbocycles. The number of rotatable bonds is 7. The molecule has 9 heteroatoms. The molecule has 150 valence electrons. The van der Waals surface area contributed by atoms with Gasteiger partial charge in [0.2, 0.25) is 0 Å². The summed E-state index contributed by atoms with van der Waals surface area (Å²) < 4.78 is 40.2. The number of hydrogen-bond acceptors (Lipinski definition) is 3. The zero-order valence-electron chi connectivity index (χ0n) is 15.3. The molecule has 0 unspecified atom stereocenters. The lowest BCUT2D eigenvalue weighted by molar-refractivity contribution is -0.141. The van der Waals surface area contributed by atoms with Crippen molar-refractivity contribution in [3.05, 3.63) is 47.3 Å². The number of thiocarbonyl (C=S) groups is 1. The molecule has 2 N–H and O–H groups in total. The largest absolute Gasteiger partial charge is 0.435 e. The quantitative estimate of drug-likeness (QED) is 0.404. The molecule has 5 nitrogen and oxygen atoms in total. The zero-order chi connectivity index (χ0) is 20.3. The molecule has 0 saturated heterocycles. The molecule has 0 spiro atoms. The molecule has 0 radical (unpaired) electrons. The van der Waals surface area contributed by atoms with Gasteiger partial charge in [-0.2, -0.15) is 18.3 Å². The minimum atomic E-state index is -4.42. The summed E-state index contributed by atoms with van der Waals surface area (Å²) in [5.41, 5.74) is 1.21. The van der Waals surface area contributed by atoms with Crippen molar-refractivity contribution >= 4 is 28.8 Å². The molecule has 28 heavy (non-hydrogen) atoms. The molecular formula is C19H21F3N4OS. The Morgan fingerprint density at radius 3 is 2.54 bits per heavy atom. The molecule has 0 atom stereocenters. The number of Topliss-reactive ketones (excluding diaryl/α,β-unsaturated/α-hetero) is 1. The van der Waals surface area contributed by atoms with Crippen LogP contribution in [0.2, 0.25) is 0 Å². The third-order valence-corrected chi connectivity index (χ3v) is 4.73. The Bertz CT molecular complexity index is 857. The Labute approximate surface area is 166 Å². The first-order valence-corrected chi connectivity index (χ1v) is 9.45. The third-order valence-electron chi connectivity index (χ3n) is 4.48. The molecule has 2 aromatic rings. The highest BCUT2D eigenvalue weighted by Crippen LogP contribution is 2.42. The van der Waals surface area contributed by atoms with Gasteiger partial charge in [-0.15, -0.1) is 0 Å². The summed E-state index contributed by atoms with van der Waals surface area (Å²) in [5.74, 6) is 0.183. The number of halogens is 3. The van der Waals surface area contributed by atoms with Crippen LogP contribution < -0.4 is 10.6 Å². The van der Waals surface area contributed by atoms with Crippen molar-refractivity contribution in [3.8, 4) is 0 Å². The van der Waals surface area contributed by atoms with Crippen LogP contribution in [0.3, 0.4) is 0 Å². The number of alkyl halides is 3. The van der Waals surface area contributed by atoms with Crippen molar-refractivity contribution in [2.24, 2.45) is 0 Å². The molecule has 1 aromatic carbocycles. The highest BCUT2D eigenvalue weighted by molar-refractivity contribution is 7.80. The van der Waals surface area contributed by atoms with Crippen molar-refractivity contribution in [3.63, 3.8) is 0 Å². The minimum Gasteiger partial charge on any atom is -0.362 e. The Balaban J connectivity index is 1.47. The molecule has 1 aliphatic rings. The summed E-state index contributed by atoms with van der Waals surface area (Å²) in [5, 5.41) is 10.2. The second kappa shape index (κ2) is 8.30. The van der Waals surface area contributed by atoms with Crippen molar-refractivity contribution in [2.45, 2.75) is 44.8 Å². The van der Waals surface area contributed by atoms with E-state index in [1.807, 2.05) is 0 Å². The van der Waals surface area contributed by atoms with Crippen LogP contribution >= 0.6 is 12.2 Å². The highest BCUT2D eigenvalue weighted by Gasteiger charge is 2.37. The summed E-state index contributed by atoms with van der Waals surface area (Å²) in [6.45, 7) is 2.40. The lowest BCUT2D eigenvalue weighted by atomic mass is 10.1. The van der Waals surface area contributed by atoms with Crippen molar-refractivity contribution in [1.29, 1.82) is 0 Å². The number of aryl methyl sites for hydroxylation is 1. The standard InChI is InChI=1S/C19H21F3N4OS/c1-12(27)13-5-7-15(8-6-13)24-18(28)23-9-2-10-26-16(14-3-4-14)11-17(25-26)19(20,21)22/h5-8,11,14H,2-4,9-10H2,1H3,(H2,23,24,28). The molecule has 0 bridgehead atoms. The van der Waals surface area contributed by atoms with E-state index < -0.39 is 11.9 Å². The zero-order valence-corrected chi connectivity index (χ0v) is 16.2. The van der Waals surface area contributed by atoms with Crippen LogP contribution in [0.25, 0.3) is 0 Å².